The average Bonchev–Trinajstić information content (AvgIpc) is 3.07. The third kappa shape index (κ3) is 6.60. The van der Waals surface area contributed by atoms with Gasteiger partial charge in [0, 0.05) is 23.5 Å². The molecule has 0 atom stereocenters. The van der Waals surface area contributed by atoms with E-state index in [1.54, 1.807) is 11.3 Å². The number of aliphatic imine (C=N–C) groups is 1. The van der Waals surface area contributed by atoms with Gasteiger partial charge in [0.2, 0.25) is 0 Å². The first-order valence-corrected chi connectivity index (χ1v) is 8.94. The molecule has 0 fully saturated rings. The molecule has 2 aromatic rings. The Labute approximate surface area is 148 Å². The molecule has 0 saturated heterocycles. The van der Waals surface area contributed by atoms with Crippen LogP contribution in [0.15, 0.2) is 46.8 Å². The minimum atomic E-state index is 0.467. The summed E-state index contributed by atoms with van der Waals surface area (Å²) >= 11 is 1.76. The summed E-state index contributed by atoms with van der Waals surface area (Å²) in [6.07, 6.45) is 0.956. The second kappa shape index (κ2) is 9.95. The molecule has 0 amide bonds. The van der Waals surface area contributed by atoms with Gasteiger partial charge in [-0.1, -0.05) is 24.3 Å². The Hall–Kier alpha value is -2.05. The van der Waals surface area contributed by atoms with Crippen molar-refractivity contribution in [3.8, 4) is 5.75 Å². The van der Waals surface area contributed by atoms with Gasteiger partial charge in [0.25, 0.3) is 0 Å². The highest BCUT2D eigenvalue weighted by Gasteiger charge is 2.03. The Morgan fingerprint density at radius 1 is 1.25 bits per heavy atom. The molecule has 0 radical (unpaired) electrons. The van der Waals surface area contributed by atoms with Gasteiger partial charge in [-0.25, -0.2) is 4.99 Å². The van der Waals surface area contributed by atoms with E-state index in [1.165, 1.54) is 4.88 Å². The van der Waals surface area contributed by atoms with E-state index in [4.69, 9.17) is 10.5 Å². The van der Waals surface area contributed by atoms with Crippen LogP contribution in [-0.4, -0.2) is 44.7 Å². The molecule has 1 aromatic carbocycles. The number of hydrogen-bond donors (Lipinski definition) is 2. The van der Waals surface area contributed by atoms with E-state index in [0.29, 0.717) is 19.1 Å². The molecule has 0 spiro atoms. The molecule has 0 saturated carbocycles. The quantitative estimate of drug-likeness (QED) is 0.540. The number of ether oxygens (including phenoxy) is 1. The second-order valence-electron chi connectivity index (χ2n) is 5.72. The molecular formula is C18H26N4OS. The van der Waals surface area contributed by atoms with Gasteiger partial charge < -0.3 is 20.7 Å². The number of guanidine groups is 1. The van der Waals surface area contributed by atoms with Crippen molar-refractivity contribution in [1.82, 2.24) is 10.2 Å². The van der Waals surface area contributed by atoms with Crippen molar-refractivity contribution >= 4 is 17.3 Å². The van der Waals surface area contributed by atoms with Crippen LogP contribution in [0, 0.1) is 0 Å². The molecule has 6 heteroatoms. The van der Waals surface area contributed by atoms with Crippen molar-refractivity contribution < 1.29 is 4.74 Å². The van der Waals surface area contributed by atoms with Crippen molar-refractivity contribution in [2.24, 2.45) is 10.7 Å². The number of para-hydroxylation sites is 1. The van der Waals surface area contributed by atoms with Crippen molar-refractivity contribution in [3.05, 3.63) is 52.2 Å². The summed E-state index contributed by atoms with van der Waals surface area (Å²) in [5, 5.41) is 5.24. The zero-order chi connectivity index (χ0) is 17.2. The fourth-order valence-corrected chi connectivity index (χ4v) is 2.82. The lowest BCUT2D eigenvalue weighted by molar-refractivity contribution is 0.259. The number of hydrogen-bond acceptors (Lipinski definition) is 4. The standard InChI is InChI=1S/C18H26N4OS/c1-22(2)11-12-23-17-8-4-3-6-15(17)14-21-18(19)20-10-9-16-7-5-13-24-16/h3-8,13H,9-12,14H2,1-2H3,(H3,19,20,21). The zero-order valence-corrected chi connectivity index (χ0v) is 15.2. The molecule has 3 N–H and O–H groups in total. The van der Waals surface area contributed by atoms with Crippen LogP contribution in [0.4, 0.5) is 0 Å². The third-order valence-corrected chi connectivity index (χ3v) is 4.38. The van der Waals surface area contributed by atoms with Crippen LogP contribution in [0.5, 0.6) is 5.75 Å². The van der Waals surface area contributed by atoms with Crippen LogP contribution in [0.1, 0.15) is 10.4 Å². The van der Waals surface area contributed by atoms with Crippen LogP contribution in [0.25, 0.3) is 0 Å². The van der Waals surface area contributed by atoms with E-state index < -0.39 is 0 Å². The van der Waals surface area contributed by atoms with E-state index in [0.717, 1.165) is 30.8 Å². The van der Waals surface area contributed by atoms with E-state index in [-0.39, 0.29) is 0 Å². The van der Waals surface area contributed by atoms with Crippen molar-refractivity contribution in [1.29, 1.82) is 0 Å². The Morgan fingerprint density at radius 2 is 2.08 bits per heavy atom. The smallest absolute Gasteiger partial charge is 0.188 e. The number of thiophene rings is 1. The number of nitrogens with zero attached hydrogens (tertiary/aromatic N) is 2. The van der Waals surface area contributed by atoms with E-state index >= 15 is 0 Å². The number of benzene rings is 1. The lowest BCUT2D eigenvalue weighted by atomic mass is 10.2. The molecule has 1 heterocycles. The maximum Gasteiger partial charge on any atom is 0.188 e. The molecular weight excluding hydrogens is 320 g/mol. The molecule has 0 aliphatic carbocycles. The van der Waals surface area contributed by atoms with Crippen molar-refractivity contribution in [2.75, 3.05) is 33.8 Å². The van der Waals surface area contributed by atoms with E-state index in [9.17, 15) is 0 Å². The first-order chi connectivity index (χ1) is 11.6. The van der Waals surface area contributed by atoms with Crippen LogP contribution >= 0.6 is 11.3 Å². The molecule has 24 heavy (non-hydrogen) atoms. The third-order valence-electron chi connectivity index (χ3n) is 3.45. The highest BCUT2D eigenvalue weighted by atomic mass is 32.1. The zero-order valence-electron chi connectivity index (χ0n) is 14.4. The summed E-state index contributed by atoms with van der Waals surface area (Å²) in [6.45, 7) is 2.83. The minimum absolute atomic E-state index is 0.467. The summed E-state index contributed by atoms with van der Waals surface area (Å²) in [4.78, 5) is 7.85. The van der Waals surface area contributed by atoms with Crippen molar-refractivity contribution in [2.45, 2.75) is 13.0 Å². The summed E-state index contributed by atoms with van der Waals surface area (Å²) in [7, 11) is 4.06. The summed E-state index contributed by atoms with van der Waals surface area (Å²) < 4.78 is 5.84. The Morgan fingerprint density at radius 3 is 2.83 bits per heavy atom. The molecule has 0 aliphatic heterocycles. The fourth-order valence-electron chi connectivity index (χ4n) is 2.11. The van der Waals surface area contributed by atoms with Gasteiger partial charge in [-0.3, -0.25) is 0 Å². The van der Waals surface area contributed by atoms with Gasteiger partial charge in [0.05, 0.1) is 6.54 Å². The average molecular weight is 347 g/mol. The topological polar surface area (TPSA) is 62.9 Å². The van der Waals surface area contributed by atoms with E-state index in [2.05, 4.69) is 32.7 Å². The predicted octanol–water partition coefficient (Wildman–Crippen LogP) is 2.34. The lowest BCUT2D eigenvalue weighted by Crippen LogP contribution is -2.33. The minimum Gasteiger partial charge on any atom is -0.492 e. The van der Waals surface area contributed by atoms with Crippen LogP contribution in [-0.2, 0) is 13.0 Å². The van der Waals surface area contributed by atoms with Gasteiger partial charge in [0.1, 0.15) is 12.4 Å². The largest absolute Gasteiger partial charge is 0.492 e. The lowest BCUT2D eigenvalue weighted by Gasteiger charge is -2.13. The molecule has 130 valence electrons. The summed E-state index contributed by atoms with van der Waals surface area (Å²) in [6, 6.07) is 12.1. The van der Waals surface area contributed by atoms with Gasteiger partial charge in [-0.15, -0.1) is 11.3 Å². The summed E-state index contributed by atoms with van der Waals surface area (Å²) in [5.74, 6) is 1.34. The van der Waals surface area contributed by atoms with Crippen LogP contribution in [0.2, 0.25) is 0 Å². The van der Waals surface area contributed by atoms with Crippen molar-refractivity contribution in [3.63, 3.8) is 0 Å². The van der Waals surface area contributed by atoms with E-state index in [1.807, 2.05) is 38.4 Å². The molecule has 0 bridgehead atoms. The number of likely N-dealkylation sites (N-methyl/N-ethyl adjacent to an activating group) is 1. The van der Waals surface area contributed by atoms with Gasteiger partial charge in [0.15, 0.2) is 5.96 Å². The number of nitrogens with two attached hydrogens (primary N) is 1. The maximum atomic E-state index is 5.95. The van der Waals surface area contributed by atoms with Gasteiger partial charge in [-0.05, 0) is 38.0 Å². The SMILES string of the molecule is CN(C)CCOc1ccccc1CN=C(N)NCCc1cccs1. The van der Waals surface area contributed by atoms with Crippen LogP contribution in [0.3, 0.4) is 0 Å². The molecule has 0 unspecified atom stereocenters. The first-order valence-electron chi connectivity index (χ1n) is 8.07. The highest BCUT2D eigenvalue weighted by molar-refractivity contribution is 7.09. The summed E-state index contributed by atoms with van der Waals surface area (Å²) in [5.41, 5.74) is 6.99. The Bertz CT molecular complexity index is 626. The maximum absolute atomic E-state index is 5.95. The van der Waals surface area contributed by atoms with Crippen LogP contribution < -0.4 is 15.8 Å². The Balaban J connectivity index is 1.81. The Kier molecular flexibility index (Phi) is 7.58. The van der Waals surface area contributed by atoms with Gasteiger partial charge >= 0.3 is 0 Å². The molecule has 1 aromatic heterocycles. The highest BCUT2D eigenvalue weighted by Crippen LogP contribution is 2.18. The predicted molar refractivity (Wildman–Crippen MR) is 102 cm³/mol. The number of rotatable bonds is 9. The normalized spacial score (nSPS) is 11.7. The molecule has 5 nitrogen and oxygen atoms in total. The number of nitrogens with one attached hydrogen (secondary N) is 1. The van der Waals surface area contributed by atoms with Gasteiger partial charge in [-0.2, -0.15) is 0 Å². The monoisotopic (exact) mass is 346 g/mol. The molecule has 2 rings (SSSR count). The molecule has 0 aliphatic rings. The second-order valence-corrected chi connectivity index (χ2v) is 6.75. The first kappa shape index (κ1) is 18.3. The fraction of sp³-hybridized carbons (Fsp3) is 0.389.